The van der Waals surface area contributed by atoms with E-state index in [-0.39, 0.29) is 5.41 Å². The van der Waals surface area contributed by atoms with Crippen molar-refractivity contribution in [2.45, 2.75) is 31.1 Å². The minimum atomic E-state index is 0.222. The normalized spacial score (nSPS) is 32.0. The molecule has 2 aliphatic rings. The molecule has 1 aromatic carbocycles. The monoisotopic (exact) mass is 232 g/mol. The van der Waals surface area contributed by atoms with Crippen LogP contribution in [0.5, 0.6) is 5.75 Å². The van der Waals surface area contributed by atoms with Crippen molar-refractivity contribution in [2.24, 2.45) is 11.8 Å². The number of hydrogen-bond acceptors (Lipinski definition) is 2. The molecule has 2 heteroatoms. The third kappa shape index (κ3) is 1.50. The van der Waals surface area contributed by atoms with Crippen molar-refractivity contribution in [3.63, 3.8) is 0 Å². The number of aliphatic hydroxyl groups is 1. The van der Waals surface area contributed by atoms with Crippen LogP contribution in [0.4, 0.5) is 0 Å². The van der Waals surface area contributed by atoms with Gasteiger partial charge in [0.05, 0.1) is 7.11 Å². The summed E-state index contributed by atoms with van der Waals surface area (Å²) in [7, 11) is 1.74. The van der Waals surface area contributed by atoms with E-state index in [2.05, 4.69) is 12.1 Å². The Kier molecular flexibility index (Phi) is 2.62. The van der Waals surface area contributed by atoms with Crippen molar-refractivity contribution >= 4 is 0 Å². The van der Waals surface area contributed by atoms with E-state index in [0.717, 1.165) is 18.1 Å². The van der Waals surface area contributed by atoms with Gasteiger partial charge in [-0.25, -0.2) is 0 Å². The molecule has 1 aromatic rings. The van der Waals surface area contributed by atoms with Crippen LogP contribution >= 0.6 is 0 Å². The molecule has 17 heavy (non-hydrogen) atoms. The van der Waals surface area contributed by atoms with Crippen LogP contribution in [0.25, 0.3) is 0 Å². The van der Waals surface area contributed by atoms with E-state index >= 15 is 0 Å². The zero-order valence-electron chi connectivity index (χ0n) is 10.4. The molecule has 2 saturated carbocycles. The Morgan fingerprint density at radius 2 is 2.12 bits per heavy atom. The van der Waals surface area contributed by atoms with Gasteiger partial charge in [-0.1, -0.05) is 24.6 Å². The summed E-state index contributed by atoms with van der Waals surface area (Å²) >= 11 is 0. The van der Waals surface area contributed by atoms with Crippen molar-refractivity contribution in [1.29, 1.82) is 0 Å². The Bertz CT molecular complexity index is 411. The molecule has 2 fully saturated rings. The third-order valence-electron chi connectivity index (χ3n) is 4.82. The molecule has 0 aromatic heterocycles. The largest absolute Gasteiger partial charge is 0.496 e. The second kappa shape index (κ2) is 4.02. The average molecular weight is 232 g/mol. The van der Waals surface area contributed by atoms with Crippen molar-refractivity contribution in [2.75, 3.05) is 13.7 Å². The van der Waals surface area contributed by atoms with Gasteiger partial charge in [-0.15, -0.1) is 0 Å². The van der Waals surface area contributed by atoms with Crippen LogP contribution in [0.2, 0.25) is 0 Å². The van der Waals surface area contributed by atoms with E-state index < -0.39 is 0 Å². The first-order valence-corrected chi connectivity index (χ1v) is 6.57. The van der Waals surface area contributed by atoms with Gasteiger partial charge in [0.25, 0.3) is 0 Å². The number of para-hydroxylation sites is 1. The lowest BCUT2D eigenvalue weighted by molar-refractivity contribution is 0.194. The maximum absolute atomic E-state index is 9.49. The molecule has 0 aliphatic heterocycles. The molecule has 92 valence electrons. The molecule has 0 radical (unpaired) electrons. The lowest BCUT2D eigenvalue weighted by atomic mass is 9.69. The fourth-order valence-electron chi connectivity index (χ4n) is 3.58. The molecule has 0 heterocycles. The summed E-state index contributed by atoms with van der Waals surface area (Å²) in [5.74, 6) is 2.20. The van der Waals surface area contributed by atoms with E-state index in [9.17, 15) is 5.11 Å². The van der Waals surface area contributed by atoms with Gasteiger partial charge >= 0.3 is 0 Å². The van der Waals surface area contributed by atoms with Crippen LogP contribution in [0.3, 0.4) is 0 Å². The second-order valence-electron chi connectivity index (χ2n) is 5.45. The van der Waals surface area contributed by atoms with E-state index in [1.165, 1.54) is 24.8 Å². The van der Waals surface area contributed by atoms with Crippen molar-refractivity contribution < 1.29 is 9.84 Å². The Labute approximate surface area is 103 Å². The summed E-state index contributed by atoms with van der Waals surface area (Å²) < 4.78 is 5.50. The Hall–Kier alpha value is -1.02. The number of hydrogen-bond donors (Lipinski definition) is 1. The van der Waals surface area contributed by atoms with E-state index in [0.29, 0.717) is 12.5 Å². The highest BCUT2D eigenvalue weighted by Crippen LogP contribution is 2.65. The Balaban J connectivity index is 1.99. The summed E-state index contributed by atoms with van der Waals surface area (Å²) in [6.45, 7) is 0.314. The molecule has 2 atom stereocenters. The van der Waals surface area contributed by atoms with Crippen LogP contribution in [0, 0.1) is 11.8 Å². The lowest BCUT2D eigenvalue weighted by Gasteiger charge is -2.36. The van der Waals surface area contributed by atoms with Crippen LogP contribution in [-0.2, 0) is 5.41 Å². The fourth-order valence-corrected chi connectivity index (χ4v) is 3.58. The van der Waals surface area contributed by atoms with Crippen LogP contribution < -0.4 is 4.74 Å². The van der Waals surface area contributed by atoms with Gasteiger partial charge in [-0.3, -0.25) is 0 Å². The zero-order chi connectivity index (χ0) is 11.9. The van der Waals surface area contributed by atoms with Gasteiger partial charge in [-0.2, -0.15) is 0 Å². The first kappa shape index (κ1) is 11.1. The van der Waals surface area contributed by atoms with Gasteiger partial charge in [0.15, 0.2) is 0 Å². The van der Waals surface area contributed by atoms with Gasteiger partial charge < -0.3 is 9.84 Å². The molecule has 2 unspecified atom stereocenters. The van der Waals surface area contributed by atoms with Crippen molar-refractivity contribution in [3.8, 4) is 5.75 Å². The highest BCUT2D eigenvalue weighted by molar-refractivity contribution is 5.45. The quantitative estimate of drug-likeness (QED) is 0.865. The van der Waals surface area contributed by atoms with Gasteiger partial charge in [0.1, 0.15) is 5.75 Å². The first-order chi connectivity index (χ1) is 8.32. The van der Waals surface area contributed by atoms with Gasteiger partial charge in [0, 0.05) is 17.6 Å². The fraction of sp³-hybridized carbons (Fsp3) is 0.600. The smallest absolute Gasteiger partial charge is 0.122 e. The number of ether oxygens (including phenoxy) is 1. The maximum atomic E-state index is 9.49. The maximum Gasteiger partial charge on any atom is 0.122 e. The topological polar surface area (TPSA) is 29.5 Å². The Morgan fingerprint density at radius 3 is 2.65 bits per heavy atom. The third-order valence-corrected chi connectivity index (χ3v) is 4.82. The number of rotatable bonds is 4. The number of aliphatic hydroxyl groups excluding tert-OH is 1. The number of benzene rings is 1. The highest BCUT2D eigenvalue weighted by atomic mass is 16.5. The Morgan fingerprint density at radius 1 is 1.35 bits per heavy atom. The van der Waals surface area contributed by atoms with Crippen LogP contribution in [-0.4, -0.2) is 18.8 Å². The highest BCUT2D eigenvalue weighted by Gasteiger charge is 2.61. The van der Waals surface area contributed by atoms with Crippen LogP contribution in [0.15, 0.2) is 24.3 Å². The zero-order valence-corrected chi connectivity index (χ0v) is 10.4. The minimum absolute atomic E-state index is 0.222. The second-order valence-corrected chi connectivity index (χ2v) is 5.45. The lowest BCUT2D eigenvalue weighted by Crippen LogP contribution is -2.30. The average Bonchev–Trinajstić information content (AvgIpc) is 3.02. The molecule has 2 aliphatic carbocycles. The molecule has 0 amide bonds. The molecule has 0 spiro atoms. The summed E-state index contributed by atoms with van der Waals surface area (Å²) in [5, 5.41) is 9.49. The summed E-state index contributed by atoms with van der Waals surface area (Å²) in [5.41, 5.74) is 1.55. The predicted octanol–water partition coefficient (Wildman–Crippen LogP) is 2.75. The molecule has 0 bridgehead atoms. The minimum Gasteiger partial charge on any atom is -0.496 e. The predicted molar refractivity (Wildman–Crippen MR) is 67.2 cm³/mol. The van der Waals surface area contributed by atoms with Crippen molar-refractivity contribution in [3.05, 3.63) is 29.8 Å². The van der Waals surface area contributed by atoms with E-state index in [4.69, 9.17) is 4.74 Å². The molecular formula is C15H20O2. The van der Waals surface area contributed by atoms with E-state index in [1.54, 1.807) is 7.11 Å². The first-order valence-electron chi connectivity index (χ1n) is 6.57. The van der Waals surface area contributed by atoms with Gasteiger partial charge in [0.2, 0.25) is 0 Å². The van der Waals surface area contributed by atoms with Crippen molar-refractivity contribution in [1.82, 2.24) is 0 Å². The SMILES string of the molecule is COc1ccccc1C1(C2CCC2)CC1CO. The molecule has 3 rings (SSSR count). The van der Waals surface area contributed by atoms with E-state index in [1.807, 2.05) is 12.1 Å². The molecule has 1 N–H and O–H groups in total. The molecule has 0 saturated heterocycles. The number of methoxy groups -OCH3 is 1. The molecule has 2 nitrogen and oxygen atoms in total. The summed E-state index contributed by atoms with van der Waals surface area (Å²) in [6.07, 6.45) is 5.11. The summed E-state index contributed by atoms with van der Waals surface area (Å²) in [4.78, 5) is 0. The molecular weight excluding hydrogens is 212 g/mol. The van der Waals surface area contributed by atoms with Crippen LogP contribution in [0.1, 0.15) is 31.2 Å². The van der Waals surface area contributed by atoms with Gasteiger partial charge in [-0.05, 0) is 37.2 Å². The summed E-state index contributed by atoms with van der Waals surface area (Å²) in [6, 6.07) is 8.34. The standard InChI is InChI=1S/C15H20O2/c1-17-14-8-3-2-7-13(14)15(9-12(15)10-16)11-5-4-6-11/h2-3,7-8,11-12,16H,4-6,9-10H2,1H3.